The molecular formula is C12H15ClFNO4S2. The number of amides is 1. The summed E-state index contributed by atoms with van der Waals surface area (Å²) in [7, 11) is 0.212. The van der Waals surface area contributed by atoms with Crippen molar-refractivity contribution in [2.24, 2.45) is 0 Å². The fourth-order valence-corrected chi connectivity index (χ4v) is 3.41. The molecule has 118 valence electrons. The van der Waals surface area contributed by atoms with E-state index in [9.17, 15) is 21.8 Å². The van der Waals surface area contributed by atoms with Gasteiger partial charge in [-0.2, -0.15) is 0 Å². The SMILES string of the molecule is Cc1cc(F)c(C(=O)NCCCS(C)=O)cc1S(=O)(=O)Cl. The first kappa shape index (κ1) is 18.1. The molecule has 5 nitrogen and oxygen atoms in total. The van der Waals surface area contributed by atoms with Crippen LogP contribution in [0.4, 0.5) is 4.39 Å². The molecule has 0 bridgehead atoms. The summed E-state index contributed by atoms with van der Waals surface area (Å²) in [6.07, 6.45) is 2.02. The summed E-state index contributed by atoms with van der Waals surface area (Å²) in [5.41, 5.74) is -0.266. The van der Waals surface area contributed by atoms with E-state index in [1.807, 2.05) is 0 Å². The number of halogens is 2. The maximum absolute atomic E-state index is 13.8. The third-order valence-electron chi connectivity index (χ3n) is 2.67. The van der Waals surface area contributed by atoms with E-state index in [2.05, 4.69) is 5.32 Å². The third kappa shape index (κ3) is 5.37. The lowest BCUT2D eigenvalue weighted by Crippen LogP contribution is -2.26. The van der Waals surface area contributed by atoms with Gasteiger partial charge in [0.1, 0.15) is 5.82 Å². The van der Waals surface area contributed by atoms with Crippen molar-refractivity contribution in [1.29, 1.82) is 0 Å². The first-order chi connectivity index (χ1) is 9.62. The molecule has 0 saturated carbocycles. The quantitative estimate of drug-likeness (QED) is 0.620. The zero-order valence-corrected chi connectivity index (χ0v) is 13.9. The van der Waals surface area contributed by atoms with Gasteiger partial charge in [0.2, 0.25) is 0 Å². The molecule has 1 unspecified atom stereocenters. The van der Waals surface area contributed by atoms with Crippen LogP contribution in [0.5, 0.6) is 0 Å². The predicted octanol–water partition coefficient (Wildman–Crippen LogP) is 1.56. The third-order valence-corrected chi connectivity index (χ3v) is 4.99. The molecule has 1 atom stereocenters. The molecule has 0 radical (unpaired) electrons. The number of carbonyl (C=O) groups excluding carboxylic acids is 1. The minimum atomic E-state index is -4.06. The Balaban J connectivity index is 2.92. The van der Waals surface area contributed by atoms with Crippen molar-refractivity contribution in [3.63, 3.8) is 0 Å². The summed E-state index contributed by atoms with van der Waals surface area (Å²) in [5.74, 6) is -1.15. The highest BCUT2D eigenvalue weighted by atomic mass is 35.7. The molecule has 1 N–H and O–H groups in total. The van der Waals surface area contributed by atoms with Gasteiger partial charge < -0.3 is 5.32 Å². The first-order valence-corrected chi connectivity index (χ1v) is 9.99. The van der Waals surface area contributed by atoms with Crippen LogP contribution in [-0.2, 0) is 19.9 Å². The number of benzene rings is 1. The summed E-state index contributed by atoms with van der Waals surface area (Å²) < 4.78 is 47.3. The lowest BCUT2D eigenvalue weighted by atomic mass is 10.1. The average Bonchev–Trinajstić information content (AvgIpc) is 2.32. The number of hydrogen-bond acceptors (Lipinski definition) is 4. The molecule has 1 amide bonds. The van der Waals surface area contributed by atoms with Crippen LogP contribution in [0, 0.1) is 12.7 Å². The summed E-state index contributed by atoms with van der Waals surface area (Å²) in [5, 5.41) is 2.44. The van der Waals surface area contributed by atoms with Gasteiger partial charge in [-0.15, -0.1) is 0 Å². The van der Waals surface area contributed by atoms with E-state index >= 15 is 0 Å². The van der Waals surface area contributed by atoms with E-state index in [4.69, 9.17) is 10.7 Å². The molecule has 0 saturated heterocycles. The Kier molecular flexibility index (Phi) is 6.30. The zero-order valence-electron chi connectivity index (χ0n) is 11.5. The molecule has 1 rings (SSSR count). The van der Waals surface area contributed by atoms with Crippen LogP contribution in [0.2, 0.25) is 0 Å². The molecule has 0 aliphatic heterocycles. The normalized spacial score (nSPS) is 13.0. The van der Waals surface area contributed by atoms with Gasteiger partial charge in [-0.25, -0.2) is 12.8 Å². The molecular weight excluding hydrogens is 341 g/mol. The fourth-order valence-electron chi connectivity index (χ4n) is 1.66. The fraction of sp³-hybridized carbons (Fsp3) is 0.417. The number of nitrogens with one attached hydrogen (secondary N) is 1. The van der Waals surface area contributed by atoms with Gasteiger partial charge in [0.25, 0.3) is 15.0 Å². The van der Waals surface area contributed by atoms with Crippen LogP contribution in [0.25, 0.3) is 0 Å². The molecule has 0 heterocycles. The molecule has 21 heavy (non-hydrogen) atoms. The Labute approximate surface area is 129 Å². The maximum Gasteiger partial charge on any atom is 0.261 e. The van der Waals surface area contributed by atoms with Crippen LogP contribution in [0.1, 0.15) is 22.3 Å². The molecule has 0 aliphatic rings. The Bertz CT molecular complexity index is 676. The number of carbonyl (C=O) groups is 1. The Morgan fingerprint density at radius 3 is 2.57 bits per heavy atom. The Morgan fingerprint density at radius 1 is 1.43 bits per heavy atom. The van der Waals surface area contributed by atoms with Crippen molar-refractivity contribution in [1.82, 2.24) is 5.32 Å². The number of aryl methyl sites for hydroxylation is 1. The van der Waals surface area contributed by atoms with E-state index < -0.39 is 37.1 Å². The van der Waals surface area contributed by atoms with Crippen LogP contribution in [-0.4, -0.2) is 37.1 Å². The van der Waals surface area contributed by atoms with Crippen molar-refractivity contribution in [3.8, 4) is 0 Å². The van der Waals surface area contributed by atoms with Gasteiger partial charge in [0.15, 0.2) is 0 Å². The predicted molar refractivity (Wildman–Crippen MR) is 80.1 cm³/mol. The first-order valence-electron chi connectivity index (χ1n) is 5.96. The second-order valence-corrected chi connectivity index (χ2v) is 8.51. The zero-order chi connectivity index (χ0) is 16.2. The smallest absolute Gasteiger partial charge is 0.261 e. The van der Waals surface area contributed by atoms with E-state index in [0.29, 0.717) is 12.2 Å². The van der Waals surface area contributed by atoms with Crippen LogP contribution >= 0.6 is 10.7 Å². The average molecular weight is 356 g/mol. The maximum atomic E-state index is 13.8. The molecule has 0 fully saturated rings. The molecule has 9 heteroatoms. The van der Waals surface area contributed by atoms with Crippen molar-refractivity contribution >= 4 is 36.4 Å². The minimum Gasteiger partial charge on any atom is -0.352 e. The largest absolute Gasteiger partial charge is 0.352 e. The second-order valence-electron chi connectivity index (χ2n) is 4.42. The lowest BCUT2D eigenvalue weighted by Gasteiger charge is -2.09. The van der Waals surface area contributed by atoms with Crippen molar-refractivity contribution in [2.45, 2.75) is 18.2 Å². The molecule has 0 spiro atoms. The monoisotopic (exact) mass is 355 g/mol. The molecule has 0 aromatic heterocycles. The van der Waals surface area contributed by atoms with Crippen molar-refractivity contribution in [3.05, 3.63) is 29.1 Å². The topological polar surface area (TPSA) is 80.3 Å². The highest BCUT2D eigenvalue weighted by Gasteiger charge is 2.20. The van der Waals surface area contributed by atoms with Crippen LogP contribution in [0.15, 0.2) is 17.0 Å². The minimum absolute atomic E-state index is 0.125. The van der Waals surface area contributed by atoms with Gasteiger partial charge in [-0.3, -0.25) is 9.00 Å². The summed E-state index contributed by atoms with van der Waals surface area (Å²) in [6, 6.07) is 1.87. The van der Waals surface area contributed by atoms with E-state index in [1.165, 1.54) is 6.92 Å². The van der Waals surface area contributed by atoms with Gasteiger partial charge in [-0.05, 0) is 31.0 Å². The van der Waals surface area contributed by atoms with E-state index in [-0.39, 0.29) is 17.0 Å². The standard InChI is InChI=1S/C12H15ClFNO4S2/c1-8-6-10(14)9(7-11(8)21(13,18)19)12(16)15-4-3-5-20(2)17/h6-7H,3-5H2,1-2H3,(H,15,16). The van der Waals surface area contributed by atoms with Gasteiger partial charge >= 0.3 is 0 Å². The van der Waals surface area contributed by atoms with Crippen molar-refractivity contribution < 1.29 is 21.8 Å². The summed E-state index contributed by atoms with van der Waals surface area (Å²) >= 11 is 0. The highest BCUT2D eigenvalue weighted by molar-refractivity contribution is 8.13. The Hall–Kier alpha value is -0.990. The van der Waals surface area contributed by atoms with Crippen LogP contribution < -0.4 is 5.32 Å². The summed E-state index contributed by atoms with van der Waals surface area (Å²) in [4.78, 5) is 11.5. The van der Waals surface area contributed by atoms with E-state index in [1.54, 1.807) is 6.26 Å². The molecule has 1 aromatic rings. The van der Waals surface area contributed by atoms with Crippen LogP contribution in [0.3, 0.4) is 0 Å². The number of rotatable bonds is 6. The lowest BCUT2D eigenvalue weighted by molar-refractivity contribution is 0.0949. The molecule has 0 aliphatic carbocycles. The highest BCUT2D eigenvalue weighted by Crippen LogP contribution is 2.23. The van der Waals surface area contributed by atoms with E-state index in [0.717, 1.165) is 12.1 Å². The van der Waals surface area contributed by atoms with Gasteiger partial charge in [-0.1, -0.05) is 0 Å². The second kappa shape index (κ2) is 7.33. The van der Waals surface area contributed by atoms with Crippen molar-refractivity contribution in [2.75, 3.05) is 18.6 Å². The number of hydrogen-bond donors (Lipinski definition) is 1. The van der Waals surface area contributed by atoms with Gasteiger partial charge in [0, 0.05) is 40.0 Å². The van der Waals surface area contributed by atoms with Gasteiger partial charge in [0.05, 0.1) is 10.5 Å². The Morgan fingerprint density at radius 2 is 2.05 bits per heavy atom. The molecule has 1 aromatic carbocycles. The summed E-state index contributed by atoms with van der Waals surface area (Å²) in [6.45, 7) is 1.60.